The molecule has 2 heterocycles. The summed E-state index contributed by atoms with van der Waals surface area (Å²) >= 11 is 0. The van der Waals surface area contributed by atoms with Gasteiger partial charge in [0.25, 0.3) is 0 Å². The number of esters is 1. The summed E-state index contributed by atoms with van der Waals surface area (Å²) in [5.41, 5.74) is 8.56. The van der Waals surface area contributed by atoms with E-state index in [9.17, 15) is 10.1 Å². The predicted molar refractivity (Wildman–Crippen MR) is 94.7 cm³/mol. The van der Waals surface area contributed by atoms with Crippen LogP contribution in [0.2, 0.25) is 0 Å². The zero-order chi connectivity index (χ0) is 18.0. The van der Waals surface area contributed by atoms with Crippen molar-refractivity contribution >= 4 is 11.8 Å². The van der Waals surface area contributed by atoms with E-state index in [2.05, 4.69) is 22.9 Å². The minimum Gasteiger partial charge on any atom is -0.466 e. The first-order valence-electron chi connectivity index (χ1n) is 9.15. The first-order chi connectivity index (χ1) is 12.1. The maximum atomic E-state index is 12.3. The van der Waals surface area contributed by atoms with E-state index in [0.717, 1.165) is 49.9 Å². The molecule has 6 heteroatoms. The first kappa shape index (κ1) is 17.7. The summed E-state index contributed by atoms with van der Waals surface area (Å²) in [6, 6.07) is 2.62. The molecule has 0 aromatic carbocycles. The summed E-state index contributed by atoms with van der Waals surface area (Å²) in [7, 11) is 0. The van der Waals surface area contributed by atoms with Crippen molar-refractivity contribution in [1.82, 2.24) is 9.88 Å². The van der Waals surface area contributed by atoms with E-state index in [4.69, 9.17) is 10.5 Å². The maximum Gasteiger partial charge on any atom is 0.310 e. The van der Waals surface area contributed by atoms with Crippen molar-refractivity contribution in [3.8, 4) is 6.07 Å². The van der Waals surface area contributed by atoms with Gasteiger partial charge in [-0.3, -0.25) is 9.69 Å². The summed E-state index contributed by atoms with van der Waals surface area (Å²) in [5, 5.41) is 9.46. The van der Waals surface area contributed by atoms with Crippen LogP contribution >= 0.6 is 0 Å². The summed E-state index contributed by atoms with van der Waals surface area (Å²) in [4.78, 5) is 18.9. The van der Waals surface area contributed by atoms with E-state index in [1.165, 1.54) is 0 Å². The highest BCUT2D eigenvalue weighted by Gasteiger charge is 2.42. The fourth-order valence-electron chi connectivity index (χ4n) is 4.43. The van der Waals surface area contributed by atoms with Crippen LogP contribution in [0.25, 0.3) is 0 Å². The average Bonchev–Trinajstić information content (AvgIpc) is 2.60. The number of pyridine rings is 1. The molecule has 134 valence electrons. The smallest absolute Gasteiger partial charge is 0.310 e. The lowest BCUT2D eigenvalue weighted by Crippen LogP contribution is -2.54. The number of carbonyl (C=O) groups excluding carboxylic acids is 1. The molecule has 1 aliphatic carbocycles. The number of anilines is 1. The second-order valence-electron chi connectivity index (χ2n) is 7.05. The number of nitriles is 1. The fraction of sp³-hybridized carbons (Fsp3) is 0.632. The van der Waals surface area contributed by atoms with Gasteiger partial charge in [0.2, 0.25) is 0 Å². The molecule has 0 amide bonds. The van der Waals surface area contributed by atoms with Crippen LogP contribution in [-0.2, 0) is 22.4 Å². The Balaban J connectivity index is 1.91. The Labute approximate surface area is 149 Å². The van der Waals surface area contributed by atoms with Crippen LogP contribution in [0.5, 0.6) is 0 Å². The lowest BCUT2D eigenvalue weighted by atomic mass is 9.72. The van der Waals surface area contributed by atoms with Crippen molar-refractivity contribution in [3.05, 3.63) is 22.9 Å². The van der Waals surface area contributed by atoms with E-state index in [-0.39, 0.29) is 11.9 Å². The van der Waals surface area contributed by atoms with Gasteiger partial charge in [-0.2, -0.15) is 5.26 Å². The summed E-state index contributed by atoms with van der Waals surface area (Å²) in [5.74, 6) is 0.473. The standard InChI is InChI=1S/C19H26N4O2/c1-3-5-23-11-14(19(24)25-4-2)6-12-7-15-13(8-17(12)23)10-22-18(21)16(15)9-20/h10,12,14,17H,3-8,11H2,1-2H3,(H2,21,22)/t12-,14-,17-/m1/s1. The molecule has 1 aromatic rings. The van der Waals surface area contributed by atoms with Gasteiger partial charge in [0.1, 0.15) is 11.9 Å². The van der Waals surface area contributed by atoms with E-state index in [1.807, 2.05) is 13.1 Å². The lowest BCUT2D eigenvalue weighted by molar-refractivity contribution is -0.152. The van der Waals surface area contributed by atoms with Crippen molar-refractivity contribution in [3.63, 3.8) is 0 Å². The van der Waals surface area contributed by atoms with Gasteiger partial charge in [-0.05, 0) is 56.2 Å². The topological polar surface area (TPSA) is 92.2 Å². The number of hydrogen-bond acceptors (Lipinski definition) is 6. The Morgan fingerprint density at radius 2 is 2.28 bits per heavy atom. The number of nitrogen functional groups attached to an aromatic ring is 1. The average molecular weight is 342 g/mol. The molecule has 1 aliphatic heterocycles. The number of ether oxygens (including phenoxy) is 1. The monoisotopic (exact) mass is 342 g/mol. The normalized spacial score (nSPS) is 25.6. The van der Waals surface area contributed by atoms with E-state index >= 15 is 0 Å². The van der Waals surface area contributed by atoms with E-state index < -0.39 is 0 Å². The quantitative estimate of drug-likeness (QED) is 0.840. The molecule has 0 saturated carbocycles. The Kier molecular flexibility index (Phi) is 5.24. The van der Waals surface area contributed by atoms with Crippen molar-refractivity contribution in [2.45, 2.75) is 45.6 Å². The SMILES string of the molecule is CCCN1C[C@H](C(=O)OCC)C[C@@H]2Cc3c(cnc(N)c3C#N)C[C@H]21. The maximum absolute atomic E-state index is 12.3. The van der Waals surface area contributed by atoms with Crippen LogP contribution < -0.4 is 5.73 Å². The Morgan fingerprint density at radius 1 is 1.48 bits per heavy atom. The zero-order valence-electron chi connectivity index (χ0n) is 15.0. The molecule has 0 spiro atoms. The van der Waals surface area contributed by atoms with Gasteiger partial charge in [-0.1, -0.05) is 6.92 Å². The van der Waals surface area contributed by atoms with Crippen LogP contribution in [-0.4, -0.2) is 41.6 Å². The highest BCUT2D eigenvalue weighted by atomic mass is 16.5. The number of rotatable bonds is 4. The largest absolute Gasteiger partial charge is 0.466 e. The Hall–Kier alpha value is -2.13. The number of nitrogens with two attached hydrogens (primary N) is 1. The molecule has 3 atom stereocenters. The number of piperidine rings is 1. The number of carbonyl (C=O) groups is 1. The number of fused-ring (bicyclic) bond motifs is 2. The minimum absolute atomic E-state index is 0.0842. The zero-order valence-corrected chi connectivity index (χ0v) is 15.0. The molecule has 1 aromatic heterocycles. The number of likely N-dealkylation sites (tertiary alicyclic amines) is 1. The predicted octanol–water partition coefficient (Wildman–Crippen LogP) is 1.91. The molecule has 0 unspecified atom stereocenters. The molecule has 0 radical (unpaired) electrons. The Morgan fingerprint density at radius 3 is 2.96 bits per heavy atom. The highest BCUT2D eigenvalue weighted by molar-refractivity contribution is 5.73. The summed E-state index contributed by atoms with van der Waals surface area (Å²) < 4.78 is 5.27. The summed E-state index contributed by atoms with van der Waals surface area (Å²) in [6.07, 6.45) is 5.35. The molecular weight excluding hydrogens is 316 g/mol. The molecule has 0 bridgehead atoms. The summed E-state index contributed by atoms with van der Waals surface area (Å²) in [6.45, 7) is 6.16. The molecule has 1 saturated heterocycles. The molecule has 6 nitrogen and oxygen atoms in total. The van der Waals surface area contributed by atoms with Gasteiger partial charge >= 0.3 is 5.97 Å². The molecule has 3 rings (SSSR count). The van der Waals surface area contributed by atoms with Gasteiger partial charge in [0.05, 0.1) is 18.1 Å². The third-order valence-electron chi connectivity index (χ3n) is 5.50. The number of hydrogen-bond donors (Lipinski definition) is 1. The van der Waals surface area contributed by atoms with Gasteiger partial charge < -0.3 is 10.5 Å². The number of aromatic nitrogens is 1. The van der Waals surface area contributed by atoms with Gasteiger partial charge in [0.15, 0.2) is 0 Å². The number of nitrogens with zero attached hydrogens (tertiary/aromatic N) is 3. The molecule has 2 aliphatic rings. The van der Waals surface area contributed by atoms with Crippen LogP contribution in [0, 0.1) is 23.2 Å². The molecule has 2 N–H and O–H groups in total. The van der Waals surface area contributed by atoms with Crippen LogP contribution in [0.3, 0.4) is 0 Å². The third-order valence-corrected chi connectivity index (χ3v) is 5.50. The van der Waals surface area contributed by atoms with Crippen molar-refractivity contribution < 1.29 is 9.53 Å². The van der Waals surface area contributed by atoms with Gasteiger partial charge in [0, 0.05) is 18.8 Å². The van der Waals surface area contributed by atoms with Crippen molar-refractivity contribution in [2.24, 2.45) is 11.8 Å². The van der Waals surface area contributed by atoms with Crippen LogP contribution in [0.1, 0.15) is 43.4 Å². The highest BCUT2D eigenvalue weighted by Crippen LogP contribution is 2.39. The minimum atomic E-state index is -0.0948. The van der Waals surface area contributed by atoms with Gasteiger partial charge in [-0.15, -0.1) is 0 Å². The Bertz CT molecular complexity index is 697. The van der Waals surface area contributed by atoms with Crippen LogP contribution in [0.4, 0.5) is 5.82 Å². The second-order valence-corrected chi connectivity index (χ2v) is 7.05. The molecule has 1 fully saturated rings. The third kappa shape index (κ3) is 3.34. The first-order valence-corrected chi connectivity index (χ1v) is 9.15. The van der Waals surface area contributed by atoms with Crippen LogP contribution in [0.15, 0.2) is 6.20 Å². The second kappa shape index (κ2) is 7.40. The fourth-order valence-corrected chi connectivity index (χ4v) is 4.43. The van der Waals surface area contributed by atoms with Gasteiger partial charge in [-0.25, -0.2) is 4.98 Å². The van der Waals surface area contributed by atoms with E-state index in [0.29, 0.717) is 29.9 Å². The van der Waals surface area contributed by atoms with Crippen molar-refractivity contribution in [2.75, 3.05) is 25.4 Å². The van der Waals surface area contributed by atoms with Crippen molar-refractivity contribution in [1.29, 1.82) is 5.26 Å². The molecular formula is C19H26N4O2. The molecule has 25 heavy (non-hydrogen) atoms. The lowest BCUT2D eigenvalue weighted by Gasteiger charge is -2.47. The van der Waals surface area contributed by atoms with E-state index in [1.54, 1.807) is 0 Å².